The number of benzene rings is 1. The molecule has 1 amide bonds. The number of hydrogen-bond acceptors (Lipinski definition) is 4. The molecular formula is C19H26N2O3. The SMILES string of the molecule is CCCC[C@@](C)(OC)C(=O)Nc1ccc(OCC)c2ncccc12. The molecule has 0 aliphatic heterocycles. The summed E-state index contributed by atoms with van der Waals surface area (Å²) in [7, 11) is 1.58. The van der Waals surface area contributed by atoms with Gasteiger partial charge in [-0.1, -0.05) is 19.8 Å². The quantitative estimate of drug-likeness (QED) is 0.789. The van der Waals surface area contributed by atoms with E-state index in [9.17, 15) is 4.79 Å². The molecule has 0 bridgehead atoms. The molecule has 0 aliphatic carbocycles. The lowest BCUT2D eigenvalue weighted by molar-refractivity contribution is -0.136. The van der Waals surface area contributed by atoms with Gasteiger partial charge in [-0.2, -0.15) is 0 Å². The average molecular weight is 330 g/mol. The highest BCUT2D eigenvalue weighted by atomic mass is 16.5. The van der Waals surface area contributed by atoms with Crippen LogP contribution in [-0.4, -0.2) is 30.2 Å². The minimum absolute atomic E-state index is 0.146. The number of fused-ring (bicyclic) bond motifs is 1. The zero-order chi connectivity index (χ0) is 17.6. The Labute approximate surface area is 143 Å². The molecule has 5 nitrogen and oxygen atoms in total. The largest absolute Gasteiger partial charge is 0.492 e. The summed E-state index contributed by atoms with van der Waals surface area (Å²) in [4.78, 5) is 17.1. The van der Waals surface area contributed by atoms with Crippen molar-refractivity contribution >= 4 is 22.5 Å². The molecule has 0 fully saturated rings. The summed E-state index contributed by atoms with van der Waals surface area (Å²) in [6, 6.07) is 7.46. The Morgan fingerprint density at radius 1 is 1.29 bits per heavy atom. The van der Waals surface area contributed by atoms with Gasteiger partial charge in [-0.05, 0) is 44.5 Å². The molecule has 0 radical (unpaired) electrons. The highest BCUT2D eigenvalue weighted by molar-refractivity contribution is 6.05. The van der Waals surface area contributed by atoms with Crippen LogP contribution in [0.3, 0.4) is 0 Å². The fraction of sp³-hybridized carbons (Fsp3) is 0.474. The minimum atomic E-state index is -0.844. The first-order valence-electron chi connectivity index (χ1n) is 8.42. The predicted molar refractivity (Wildman–Crippen MR) is 96.5 cm³/mol. The van der Waals surface area contributed by atoms with Gasteiger partial charge in [0.25, 0.3) is 5.91 Å². The molecule has 0 aliphatic rings. The average Bonchev–Trinajstić information content (AvgIpc) is 2.61. The van der Waals surface area contributed by atoms with Gasteiger partial charge in [0, 0.05) is 18.7 Å². The van der Waals surface area contributed by atoms with E-state index in [1.165, 1.54) is 0 Å². The van der Waals surface area contributed by atoms with E-state index in [2.05, 4.69) is 17.2 Å². The van der Waals surface area contributed by atoms with E-state index >= 15 is 0 Å². The zero-order valence-electron chi connectivity index (χ0n) is 14.9. The van der Waals surface area contributed by atoms with Crippen molar-refractivity contribution in [2.75, 3.05) is 19.0 Å². The number of pyridine rings is 1. The van der Waals surface area contributed by atoms with Gasteiger partial charge < -0.3 is 14.8 Å². The number of amides is 1. The Hall–Kier alpha value is -2.14. The van der Waals surface area contributed by atoms with E-state index in [1.807, 2.05) is 38.1 Å². The summed E-state index contributed by atoms with van der Waals surface area (Å²) in [6.07, 6.45) is 4.35. The smallest absolute Gasteiger partial charge is 0.256 e. The van der Waals surface area contributed by atoms with Crippen LogP contribution in [0.25, 0.3) is 10.9 Å². The minimum Gasteiger partial charge on any atom is -0.492 e. The topological polar surface area (TPSA) is 60.5 Å². The van der Waals surface area contributed by atoms with Crippen molar-refractivity contribution in [1.82, 2.24) is 4.98 Å². The summed E-state index contributed by atoms with van der Waals surface area (Å²) in [5, 5.41) is 3.85. The second-order valence-electron chi connectivity index (χ2n) is 5.94. The standard InChI is InChI=1S/C19H26N2O3/c1-5-7-12-19(3,23-4)18(22)21-15-10-11-16(24-6-2)17-14(15)9-8-13-20-17/h8-11,13H,5-7,12H2,1-4H3,(H,21,22)/t19-/m1/s1. The monoisotopic (exact) mass is 330 g/mol. The van der Waals surface area contributed by atoms with Crippen molar-refractivity contribution < 1.29 is 14.3 Å². The maximum atomic E-state index is 12.7. The van der Waals surface area contributed by atoms with E-state index < -0.39 is 5.60 Å². The Morgan fingerprint density at radius 2 is 2.08 bits per heavy atom. The van der Waals surface area contributed by atoms with Gasteiger partial charge in [0.1, 0.15) is 16.9 Å². The highest BCUT2D eigenvalue weighted by Crippen LogP contribution is 2.31. The molecule has 1 atom stereocenters. The molecule has 2 aromatic rings. The Kier molecular flexibility index (Phi) is 6.15. The number of carbonyl (C=O) groups is 1. The lowest BCUT2D eigenvalue weighted by atomic mass is 9.97. The third kappa shape index (κ3) is 3.85. The van der Waals surface area contributed by atoms with Crippen LogP contribution < -0.4 is 10.1 Å². The van der Waals surface area contributed by atoms with Crippen molar-refractivity contribution in [1.29, 1.82) is 0 Å². The van der Waals surface area contributed by atoms with Crippen LogP contribution in [0.15, 0.2) is 30.5 Å². The number of anilines is 1. The third-order valence-corrected chi connectivity index (χ3v) is 4.22. The molecule has 2 rings (SSSR count). The number of unbranched alkanes of at least 4 members (excludes halogenated alkanes) is 1. The second-order valence-corrected chi connectivity index (χ2v) is 5.94. The summed E-state index contributed by atoms with van der Waals surface area (Å²) >= 11 is 0. The van der Waals surface area contributed by atoms with Gasteiger partial charge in [0.2, 0.25) is 0 Å². The number of ether oxygens (including phenoxy) is 2. The number of carbonyl (C=O) groups excluding carboxylic acids is 1. The Morgan fingerprint density at radius 3 is 2.75 bits per heavy atom. The number of nitrogens with one attached hydrogen (secondary N) is 1. The first kappa shape index (κ1) is 18.2. The van der Waals surface area contributed by atoms with Crippen molar-refractivity contribution in [3.05, 3.63) is 30.5 Å². The number of methoxy groups -OCH3 is 1. The summed E-state index contributed by atoms with van der Waals surface area (Å²) < 4.78 is 11.1. The molecule has 1 heterocycles. The fourth-order valence-corrected chi connectivity index (χ4v) is 2.60. The molecule has 0 unspecified atom stereocenters. The van der Waals surface area contributed by atoms with Crippen LogP contribution >= 0.6 is 0 Å². The first-order chi connectivity index (χ1) is 11.6. The molecular weight excluding hydrogens is 304 g/mol. The zero-order valence-corrected chi connectivity index (χ0v) is 14.9. The van der Waals surface area contributed by atoms with E-state index in [4.69, 9.17) is 9.47 Å². The van der Waals surface area contributed by atoms with Gasteiger partial charge in [0.05, 0.1) is 12.3 Å². The lowest BCUT2D eigenvalue weighted by Crippen LogP contribution is -2.42. The molecule has 1 aromatic carbocycles. The van der Waals surface area contributed by atoms with Crippen LogP contribution in [0.2, 0.25) is 0 Å². The molecule has 130 valence electrons. The van der Waals surface area contributed by atoms with Crippen LogP contribution in [0, 0.1) is 0 Å². The number of hydrogen-bond donors (Lipinski definition) is 1. The molecule has 1 aromatic heterocycles. The maximum Gasteiger partial charge on any atom is 0.256 e. The Balaban J connectivity index is 2.33. The normalized spacial score (nSPS) is 13.5. The van der Waals surface area contributed by atoms with Gasteiger partial charge in [-0.25, -0.2) is 0 Å². The van der Waals surface area contributed by atoms with E-state index in [-0.39, 0.29) is 5.91 Å². The van der Waals surface area contributed by atoms with E-state index in [1.54, 1.807) is 13.3 Å². The van der Waals surface area contributed by atoms with Crippen LogP contribution in [0.5, 0.6) is 5.75 Å². The number of nitrogens with zero attached hydrogens (tertiary/aromatic N) is 1. The molecule has 0 spiro atoms. The third-order valence-electron chi connectivity index (χ3n) is 4.22. The first-order valence-corrected chi connectivity index (χ1v) is 8.42. The molecule has 1 N–H and O–H groups in total. The highest BCUT2D eigenvalue weighted by Gasteiger charge is 2.32. The van der Waals surface area contributed by atoms with Crippen LogP contribution in [0.4, 0.5) is 5.69 Å². The predicted octanol–water partition coefficient (Wildman–Crippen LogP) is 4.17. The van der Waals surface area contributed by atoms with Gasteiger partial charge in [-0.3, -0.25) is 9.78 Å². The molecule has 0 saturated carbocycles. The maximum absolute atomic E-state index is 12.7. The van der Waals surface area contributed by atoms with E-state index in [0.717, 1.165) is 23.7 Å². The summed E-state index contributed by atoms with van der Waals surface area (Å²) in [5.74, 6) is 0.569. The fourth-order valence-electron chi connectivity index (χ4n) is 2.60. The van der Waals surface area contributed by atoms with Crippen molar-refractivity contribution in [2.45, 2.75) is 45.6 Å². The summed E-state index contributed by atoms with van der Waals surface area (Å²) in [6.45, 7) is 6.42. The van der Waals surface area contributed by atoms with Gasteiger partial charge in [0.15, 0.2) is 0 Å². The van der Waals surface area contributed by atoms with Crippen molar-refractivity contribution in [3.63, 3.8) is 0 Å². The van der Waals surface area contributed by atoms with Crippen molar-refractivity contribution in [2.24, 2.45) is 0 Å². The van der Waals surface area contributed by atoms with Crippen LogP contribution in [-0.2, 0) is 9.53 Å². The lowest BCUT2D eigenvalue weighted by Gasteiger charge is -2.27. The summed E-state index contributed by atoms with van der Waals surface area (Å²) in [5.41, 5.74) is 0.611. The molecule has 24 heavy (non-hydrogen) atoms. The van der Waals surface area contributed by atoms with Crippen molar-refractivity contribution in [3.8, 4) is 5.75 Å². The van der Waals surface area contributed by atoms with Gasteiger partial charge in [-0.15, -0.1) is 0 Å². The Bertz CT molecular complexity index is 702. The molecule has 5 heteroatoms. The number of rotatable bonds is 8. The van der Waals surface area contributed by atoms with E-state index in [0.29, 0.717) is 24.5 Å². The van der Waals surface area contributed by atoms with Gasteiger partial charge >= 0.3 is 0 Å². The molecule has 0 saturated heterocycles. The number of aromatic nitrogens is 1. The second kappa shape index (κ2) is 8.11. The van der Waals surface area contributed by atoms with Crippen LogP contribution in [0.1, 0.15) is 40.0 Å².